The standard InChI is InChI=1S/C23H22ClN/c24-22-10-4-3-8-20(22)19-14-12-17(13-15-19)16-25-23-11-5-7-18-6-1-2-9-21(18)23/h1-4,6,8-10,12-15,23,25H,5,7,11,16H2/t23-/m0/s1. The second-order valence-electron chi connectivity index (χ2n) is 6.70. The normalized spacial score (nSPS) is 16.4. The summed E-state index contributed by atoms with van der Waals surface area (Å²) in [6.07, 6.45) is 3.69. The predicted octanol–water partition coefficient (Wildman–Crippen LogP) is 6.17. The van der Waals surface area contributed by atoms with Crippen LogP contribution < -0.4 is 5.32 Å². The van der Waals surface area contributed by atoms with Gasteiger partial charge >= 0.3 is 0 Å². The highest BCUT2D eigenvalue weighted by Crippen LogP contribution is 2.30. The molecule has 4 rings (SSSR count). The minimum absolute atomic E-state index is 0.466. The zero-order valence-electron chi connectivity index (χ0n) is 14.2. The molecule has 1 aliphatic carbocycles. The van der Waals surface area contributed by atoms with Crippen LogP contribution in [0, 0.1) is 0 Å². The Morgan fingerprint density at radius 3 is 2.48 bits per heavy atom. The largest absolute Gasteiger partial charge is 0.306 e. The van der Waals surface area contributed by atoms with Crippen LogP contribution in [-0.2, 0) is 13.0 Å². The lowest BCUT2D eigenvalue weighted by atomic mass is 9.87. The molecule has 0 saturated carbocycles. The number of fused-ring (bicyclic) bond motifs is 1. The monoisotopic (exact) mass is 347 g/mol. The fraction of sp³-hybridized carbons (Fsp3) is 0.217. The van der Waals surface area contributed by atoms with Gasteiger partial charge in [0.1, 0.15) is 0 Å². The second kappa shape index (κ2) is 7.43. The van der Waals surface area contributed by atoms with E-state index in [0.29, 0.717) is 6.04 Å². The fourth-order valence-electron chi connectivity index (χ4n) is 3.70. The van der Waals surface area contributed by atoms with Gasteiger partial charge in [0, 0.05) is 23.2 Å². The van der Waals surface area contributed by atoms with Crippen LogP contribution in [0.5, 0.6) is 0 Å². The quantitative estimate of drug-likeness (QED) is 0.594. The molecule has 0 amide bonds. The molecule has 0 unspecified atom stereocenters. The number of hydrogen-bond acceptors (Lipinski definition) is 1. The van der Waals surface area contributed by atoms with E-state index in [4.69, 9.17) is 11.6 Å². The lowest BCUT2D eigenvalue weighted by Crippen LogP contribution is -2.24. The van der Waals surface area contributed by atoms with Gasteiger partial charge in [-0.25, -0.2) is 0 Å². The van der Waals surface area contributed by atoms with Crippen molar-refractivity contribution in [1.29, 1.82) is 0 Å². The summed E-state index contributed by atoms with van der Waals surface area (Å²) in [5, 5.41) is 4.54. The first-order valence-corrected chi connectivity index (χ1v) is 9.34. The average Bonchev–Trinajstić information content (AvgIpc) is 2.67. The smallest absolute Gasteiger partial charge is 0.0484 e. The number of hydrogen-bond donors (Lipinski definition) is 1. The highest BCUT2D eigenvalue weighted by Gasteiger charge is 2.18. The Morgan fingerprint density at radius 1 is 0.880 bits per heavy atom. The number of aryl methyl sites for hydroxylation is 1. The summed E-state index contributed by atoms with van der Waals surface area (Å²) < 4.78 is 0. The van der Waals surface area contributed by atoms with Crippen LogP contribution in [-0.4, -0.2) is 0 Å². The van der Waals surface area contributed by atoms with E-state index in [9.17, 15) is 0 Å². The van der Waals surface area contributed by atoms with Gasteiger partial charge in [0.05, 0.1) is 0 Å². The summed E-state index contributed by atoms with van der Waals surface area (Å²) in [5.41, 5.74) is 6.53. The molecule has 1 nitrogen and oxygen atoms in total. The van der Waals surface area contributed by atoms with Crippen LogP contribution in [0.1, 0.15) is 35.6 Å². The molecule has 25 heavy (non-hydrogen) atoms. The number of benzene rings is 3. The van der Waals surface area contributed by atoms with Gasteiger partial charge in [0.25, 0.3) is 0 Å². The Balaban J connectivity index is 1.45. The third kappa shape index (κ3) is 3.63. The van der Waals surface area contributed by atoms with Crippen LogP contribution in [0.2, 0.25) is 5.02 Å². The first-order chi connectivity index (χ1) is 12.3. The third-order valence-electron chi connectivity index (χ3n) is 5.06. The van der Waals surface area contributed by atoms with Gasteiger partial charge in [-0.3, -0.25) is 0 Å². The maximum Gasteiger partial charge on any atom is 0.0484 e. The first kappa shape index (κ1) is 16.4. The molecule has 1 aliphatic rings. The van der Waals surface area contributed by atoms with Crippen LogP contribution in [0.15, 0.2) is 72.8 Å². The van der Waals surface area contributed by atoms with Gasteiger partial charge < -0.3 is 5.32 Å². The fourth-order valence-corrected chi connectivity index (χ4v) is 3.95. The molecule has 1 atom stereocenters. The van der Waals surface area contributed by atoms with Crippen molar-refractivity contribution in [1.82, 2.24) is 5.32 Å². The van der Waals surface area contributed by atoms with Gasteiger partial charge in [0.15, 0.2) is 0 Å². The topological polar surface area (TPSA) is 12.0 Å². The van der Waals surface area contributed by atoms with Crippen molar-refractivity contribution in [3.63, 3.8) is 0 Å². The summed E-state index contributed by atoms with van der Waals surface area (Å²) in [7, 11) is 0. The maximum absolute atomic E-state index is 6.30. The molecule has 2 heteroatoms. The summed E-state index contributed by atoms with van der Waals surface area (Å²) in [5.74, 6) is 0. The number of nitrogens with one attached hydrogen (secondary N) is 1. The highest BCUT2D eigenvalue weighted by atomic mass is 35.5. The van der Waals surface area contributed by atoms with Crippen LogP contribution in [0.4, 0.5) is 0 Å². The van der Waals surface area contributed by atoms with Crippen molar-refractivity contribution < 1.29 is 0 Å². The molecule has 3 aromatic rings. The zero-order valence-corrected chi connectivity index (χ0v) is 15.0. The average molecular weight is 348 g/mol. The molecule has 0 aliphatic heterocycles. The van der Waals surface area contributed by atoms with Crippen molar-refractivity contribution in [2.75, 3.05) is 0 Å². The van der Waals surface area contributed by atoms with E-state index in [1.165, 1.54) is 36.0 Å². The zero-order chi connectivity index (χ0) is 17.1. The van der Waals surface area contributed by atoms with Gasteiger partial charge in [-0.15, -0.1) is 0 Å². The maximum atomic E-state index is 6.30. The van der Waals surface area contributed by atoms with E-state index in [2.05, 4.69) is 59.9 Å². The third-order valence-corrected chi connectivity index (χ3v) is 5.39. The van der Waals surface area contributed by atoms with Crippen molar-refractivity contribution in [3.8, 4) is 11.1 Å². The van der Waals surface area contributed by atoms with Crippen LogP contribution in [0.25, 0.3) is 11.1 Å². The van der Waals surface area contributed by atoms with Crippen LogP contribution >= 0.6 is 11.6 Å². The minimum Gasteiger partial charge on any atom is -0.306 e. The van der Waals surface area contributed by atoms with Crippen molar-refractivity contribution in [2.24, 2.45) is 0 Å². The molecule has 0 heterocycles. The summed E-state index contributed by atoms with van der Waals surface area (Å²) in [4.78, 5) is 0. The molecule has 0 fully saturated rings. The van der Waals surface area contributed by atoms with E-state index in [1.807, 2.05) is 18.2 Å². The van der Waals surface area contributed by atoms with E-state index in [-0.39, 0.29) is 0 Å². The lowest BCUT2D eigenvalue weighted by molar-refractivity contribution is 0.459. The molecular weight excluding hydrogens is 326 g/mol. The van der Waals surface area contributed by atoms with E-state index in [0.717, 1.165) is 22.7 Å². The van der Waals surface area contributed by atoms with E-state index in [1.54, 1.807) is 0 Å². The van der Waals surface area contributed by atoms with Gasteiger partial charge in [-0.05, 0) is 47.6 Å². The first-order valence-electron chi connectivity index (χ1n) is 8.96. The van der Waals surface area contributed by atoms with Gasteiger partial charge in [-0.2, -0.15) is 0 Å². The van der Waals surface area contributed by atoms with E-state index < -0.39 is 0 Å². The molecule has 0 bridgehead atoms. The number of halogens is 1. The summed E-state index contributed by atoms with van der Waals surface area (Å²) in [6.45, 7) is 0.891. The molecule has 0 aromatic heterocycles. The predicted molar refractivity (Wildman–Crippen MR) is 106 cm³/mol. The molecule has 126 valence electrons. The van der Waals surface area contributed by atoms with Crippen molar-refractivity contribution in [2.45, 2.75) is 31.8 Å². The van der Waals surface area contributed by atoms with E-state index >= 15 is 0 Å². The number of rotatable bonds is 4. The molecule has 0 radical (unpaired) electrons. The summed E-state index contributed by atoms with van der Waals surface area (Å²) >= 11 is 6.30. The SMILES string of the molecule is Clc1ccccc1-c1ccc(CN[C@H]2CCCc3ccccc32)cc1. The molecular formula is C23H22ClN. The molecule has 0 spiro atoms. The molecule has 0 saturated heterocycles. The highest BCUT2D eigenvalue weighted by molar-refractivity contribution is 6.33. The Bertz CT molecular complexity index is 854. The molecule has 3 aromatic carbocycles. The lowest BCUT2D eigenvalue weighted by Gasteiger charge is -2.26. The Kier molecular flexibility index (Phi) is 4.87. The Labute approximate surface area is 154 Å². The Hall–Kier alpha value is -2.09. The molecule has 1 N–H and O–H groups in total. The minimum atomic E-state index is 0.466. The second-order valence-corrected chi connectivity index (χ2v) is 7.11. The Morgan fingerprint density at radius 2 is 1.64 bits per heavy atom. The van der Waals surface area contributed by atoms with Crippen molar-refractivity contribution in [3.05, 3.63) is 94.5 Å². The van der Waals surface area contributed by atoms with Crippen LogP contribution in [0.3, 0.4) is 0 Å². The summed E-state index contributed by atoms with van der Waals surface area (Å²) in [6, 6.07) is 26.0. The van der Waals surface area contributed by atoms with Crippen molar-refractivity contribution >= 4 is 11.6 Å². The van der Waals surface area contributed by atoms with Gasteiger partial charge in [-0.1, -0.05) is 78.3 Å². The van der Waals surface area contributed by atoms with Gasteiger partial charge in [0.2, 0.25) is 0 Å².